The highest BCUT2D eigenvalue weighted by Crippen LogP contribution is 2.28. The highest BCUT2D eigenvalue weighted by Gasteiger charge is 2.07. The molecule has 0 radical (unpaired) electrons. The van der Waals surface area contributed by atoms with Gasteiger partial charge in [0.1, 0.15) is 11.0 Å². The zero-order valence-electron chi connectivity index (χ0n) is 8.12. The Labute approximate surface area is 95.9 Å². The van der Waals surface area contributed by atoms with Gasteiger partial charge in [-0.25, -0.2) is 9.97 Å². The molecule has 0 atom stereocenters. The lowest BCUT2D eigenvalue weighted by molar-refractivity contribution is 0.823. The second-order valence-corrected chi connectivity index (χ2v) is 4.22. The first kappa shape index (κ1) is 10.5. The van der Waals surface area contributed by atoms with Crippen LogP contribution >= 0.6 is 22.9 Å². The molecule has 2 heterocycles. The van der Waals surface area contributed by atoms with Crippen molar-refractivity contribution in [2.75, 3.05) is 25.5 Å². The molecule has 0 aromatic carbocycles. The Hall–Kier alpha value is -0.980. The van der Waals surface area contributed by atoms with Crippen LogP contribution in [0.4, 0.5) is 5.13 Å². The molecule has 2 N–H and O–H groups in total. The van der Waals surface area contributed by atoms with Gasteiger partial charge in [-0.2, -0.15) is 4.98 Å². The fourth-order valence-electron chi connectivity index (χ4n) is 1.10. The predicted octanol–water partition coefficient (Wildman–Crippen LogP) is 1.37. The van der Waals surface area contributed by atoms with Crippen molar-refractivity contribution >= 4 is 38.4 Å². The van der Waals surface area contributed by atoms with E-state index in [2.05, 4.69) is 25.6 Å². The first-order valence-corrected chi connectivity index (χ1v) is 5.66. The van der Waals surface area contributed by atoms with Gasteiger partial charge in [-0.3, -0.25) is 0 Å². The van der Waals surface area contributed by atoms with Crippen LogP contribution < -0.4 is 10.6 Å². The number of hydrogen-bond donors (Lipinski definition) is 2. The first-order chi connectivity index (χ1) is 7.31. The molecule has 7 heteroatoms. The fraction of sp³-hybridized carbons (Fsp3) is 0.375. The van der Waals surface area contributed by atoms with Gasteiger partial charge in [0, 0.05) is 13.1 Å². The van der Waals surface area contributed by atoms with Crippen LogP contribution in [0.3, 0.4) is 0 Å². The van der Waals surface area contributed by atoms with Crippen LogP contribution in [-0.2, 0) is 0 Å². The van der Waals surface area contributed by atoms with Gasteiger partial charge in [-0.15, -0.1) is 0 Å². The Kier molecular flexibility index (Phi) is 3.30. The normalized spacial score (nSPS) is 10.8. The maximum Gasteiger partial charge on any atom is 0.185 e. The molecule has 5 nitrogen and oxygen atoms in total. The molecule has 0 spiro atoms. The Bertz CT molecular complexity index is 457. The predicted molar refractivity (Wildman–Crippen MR) is 62.6 cm³/mol. The molecule has 2 aromatic rings. The molecule has 15 heavy (non-hydrogen) atoms. The first-order valence-electron chi connectivity index (χ1n) is 4.47. The van der Waals surface area contributed by atoms with E-state index in [9.17, 15) is 0 Å². The van der Waals surface area contributed by atoms with Crippen molar-refractivity contribution in [1.82, 2.24) is 20.3 Å². The number of thiazole rings is 1. The Morgan fingerprint density at radius 3 is 3.00 bits per heavy atom. The number of likely N-dealkylation sites (N-methyl/N-ethyl adjacent to an activating group) is 1. The Balaban J connectivity index is 2.20. The van der Waals surface area contributed by atoms with E-state index in [1.165, 1.54) is 17.7 Å². The zero-order chi connectivity index (χ0) is 10.7. The highest BCUT2D eigenvalue weighted by molar-refractivity contribution is 7.22. The van der Waals surface area contributed by atoms with Crippen LogP contribution in [0.15, 0.2) is 6.33 Å². The minimum absolute atomic E-state index is 0.458. The van der Waals surface area contributed by atoms with Gasteiger partial charge in [0.15, 0.2) is 15.9 Å². The largest absolute Gasteiger partial charge is 0.360 e. The van der Waals surface area contributed by atoms with Crippen LogP contribution in [0.2, 0.25) is 5.15 Å². The Morgan fingerprint density at radius 1 is 1.40 bits per heavy atom. The molecule has 0 saturated carbocycles. The minimum Gasteiger partial charge on any atom is -0.360 e. The second kappa shape index (κ2) is 4.69. The summed E-state index contributed by atoms with van der Waals surface area (Å²) in [6.45, 7) is 1.71. The summed E-state index contributed by atoms with van der Waals surface area (Å²) in [6.07, 6.45) is 1.42. The van der Waals surface area contributed by atoms with Crippen LogP contribution in [0.5, 0.6) is 0 Å². The summed E-state index contributed by atoms with van der Waals surface area (Å²) in [5, 5.41) is 7.50. The van der Waals surface area contributed by atoms with Crippen LogP contribution in [0, 0.1) is 0 Å². The van der Waals surface area contributed by atoms with Gasteiger partial charge in [0.05, 0.1) is 0 Å². The molecular weight excluding hydrogens is 234 g/mol. The molecule has 0 fully saturated rings. The van der Waals surface area contributed by atoms with Crippen molar-refractivity contribution in [2.45, 2.75) is 0 Å². The van der Waals surface area contributed by atoms with Gasteiger partial charge in [-0.1, -0.05) is 22.9 Å². The van der Waals surface area contributed by atoms with Crippen molar-refractivity contribution in [3.63, 3.8) is 0 Å². The van der Waals surface area contributed by atoms with Crippen molar-refractivity contribution in [3.8, 4) is 0 Å². The van der Waals surface area contributed by atoms with Crippen molar-refractivity contribution < 1.29 is 0 Å². The topological polar surface area (TPSA) is 62.7 Å². The quantitative estimate of drug-likeness (QED) is 0.627. The van der Waals surface area contributed by atoms with E-state index >= 15 is 0 Å². The number of nitrogens with one attached hydrogen (secondary N) is 2. The third-order valence-corrected chi connectivity index (χ3v) is 3.21. The van der Waals surface area contributed by atoms with Crippen LogP contribution in [0.1, 0.15) is 0 Å². The average molecular weight is 244 g/mol. The zero-order valence-corrected chi connectivity index (χ0v) is 9.69. The molecule has 0 bridgehead atoms. The number of aromatic nitrogens is 3. The SMILES string of the molecule is CNCCNc1nc2ncnc(Cl)c2s1. The monoisotopic (exact) mass is 243 g/mol. The molecule has 0 aliphatic heterocycles. The lowest BCUT2D eigenvalue weighted by Crippen LogP contribution is -2.17. The third-order valence-electron chi connectivity index (χ3n) is 1.80. The fourth-order valence-corrected chi connectivity index (χ4v) is 2.17. The van der Waals surface area contributed by atoms with E-state index in [-0.39, 0.29) is 0 Å². The summed E-state index contributed by atoms with van der Waals surface area (Å²) in [6, 6.07) is 0. The van der Waals surface area contributed by atoms with E-state index < -0.39 is 0 Å². The lowest BCUT2D eigenvalue weighted by atomic mass is 10.6. The number of fused-ring (bicyclic) bond motifs is 1. The van der Waals surface area contributed by atoms with Crippen molar-refractivity contribution in [3.05, 3.63) is 11.5 Å². The van der Waals surface area contributed by atoms with Crippen molar-refractivity contribution in [1.29, 1.82) is 0 Å². The third kappa shape index (κ3) is 2.34. The summed E-state index contributed by atoms with van der Waals surface area (Å²) in [4.78, 5) is 12.2. The summed E-state index contributed by atoms with van der Waals surface area (Å²) < 4.78 is 0.825. The minimum atomic E-state index is 0.458. The van der Waals surface area contributed by atoms with Gasteiger partial charge in [-0.05, 0) is 7.05 Å². The molecule has 0 amide bonds. The average Bonchev–Trinajstić information content (AvgIpc) is 2.63. The molecule has 0 aliphatic carbocycles. The molecule has 0 unspecified atom stereocenters. The summed E-state index contributed by atoms with van der Waals surface area (Å²) in [7, 11) is 1.91. The van der Waals surface area contributed by atoms with Crippen molar-refractivity contribution in [2.24, 2.45) is 0 Å². The summed E-state index contributed by atoms with van der Waals surface area (Å²) in [5.74, 6) is 0. The number of halogens is 1. The van der Waals surface area contributed by atoms with Crippen LogP contribution in [-0.4, -0.2) is 35.1 Å². The smallest absolute Gasteiger partial charge is 0.185 e. The van der Waals surface area contributed by atoms with E-state index in [1.54, 1.807) is 0 Å². The van der Waals surface area contributed by atoms with Gasteiger partial charge >= 0.3 is 0 Å². The number of hydrogen-bond acceptors (Lipinski definition) is 6. The maximum absolute atomic E-state index is 5.91. The molecule has 2 aromatic heterocycles. The molecule has 0 aliphatic rings. The van der Waals surface area contributed by atoms with Gasteiger partial charge in [0.25, 0.3) is 0 Å². The standard InChI is InChI=1S/C8H10ClN5S/c1-10-2-3-11-8-14-7-5(15-8)6(9)12-4-13-7/h4,10H,2-3H2,1H3,(H,11,12,13,14). The number of rotatable bonds is 4. The molecule has 80 valence electrons. The summed E-state index contributed by atoms with van der Waals surface area (Å²) in [5.41, 5.74) is 0.645. The number of anilines is 1. The maximum atomic E-state index is 5.91. The van der Waals surface area contributed by atoms with E-state index in [0.717, 1.165) is 22.9 Å². The Morgan fingerprint density at radius 2 is 2.27 bits per heavy atom. The van der Waals surface area contributed by atoms with E-state index in [0.29, 0.717) is 10.8 Å². The van der Waals surface area contributed by atoms with E-state index in [1.807, 2.05) is 7.05 Å². The van der Waals surface area contributed by atoms with Gasteiger partial charge in [0.2, 0.25) is 0 Å². The second-order valence-electron chi connectivity index (χ2n) is 2.87. The molecule has 0 saturated heterocycles. The highest BCUT2D eigenvalue weighted by atomic mass is 35.5. The van der Waals surface area contributed by atoms with E-state index in [4.69, 9.17) is 11.6 Å². The number of nitrogens with zero attached hydrogens (tertiary/aromatic N) is 3. The lowest BCUT2D eigenvalue weighted by Gasteiger charge is -1.99. The molecule has 2 rings (SSSR count). The summed E-state index contributed by atoms with van der Waals surface area (Å²) >= 11 is 7.38. The molecular formula is C8H10ClN5S. The van der Waals surface area contributed by atoms with Gasteiger partial charge < -0.3 is 10.6 Å². The van der Waals surface area contributed by atoms with Crippen LogP contribution in [0.25, 0.3) is 10.3 Å².